The van der Waals surface area contributed by atoms with Crippen LogP contribution in [0.1, 0.15) is 12.0 Å². The molecule has 0 atom stereocenters. The standard InChI is InChI=1S/C14H16ClN3O/c1-19-10-4-12(15)11(6-16)13(5-10)18-3-2-14(9-18)7-17-8-14/h4-5,17H,2-3,7-9H2,1H3. The van der Waals surface area contributed by atoms with E-state index in [-0.39, 0.29) is 0 Å². The van der Waals surface area contributed by atoms with Crippen molar-refractivity contribution < 1.29 is 4.74 Å². The van der Waals surface area contributed by atoms with Gasteiger partial charge in [0.25, 0.3) is 0 Å². The zero-order valence-corrected chi connectivity index (χ0v) is 11.6. The van der Waals surface area contributed by atoms with Gasteiger partial charge in [-0.15, -0.1) is 0 Å². The lowest BCUT2D eigenvalue weighted by molar-refractivity contribution is 0.200. The van der Waals surface area contributed by atoms with Crippen molar-refractivity contribution in [3.8, 4) is 11.8 Å². The van der Waals surface area contributed by atoms with E-state index in [1.54, 1.807) is 13.2 Å². The van der Waals surface area contributed by atoms with Crippen molar-refractivity contribution in [2.75, 3.05) is 38.2 Å². The van der Waals surface area contributed by atoms with Gasteiger partial charge in [-0.1, -0.05) is 11.6 Å². The predicted octanol–water partition coefficient (Wildman–Crippen LogP) is 2.02. The lowest BCUT2D eigenvalue weighted by Gasteiger charge is -2.39. The maximum Gasteiger partial charge on any atom is 0.122 e. The second-order valence-electron chi connectivity index (χ2n) is 5.39. The fraction of sp³-hybridized carbons (Fsp3) is 0.500. The Morgan fingerprint density at radius 1 is 1.47 bits per heavy atom. The molecular weight excluding hydrogens is 262 g/mol. The molecule has 19 heavy (non-hydrogen) atoms. The zero-order chi connectivity index (χ0) is 13.5. The molecule has 2 aliphatic rings. The number of nitrogens with zero attached hydrogens (tertiary/aromatic N) is 2. The quantitative estimate of drug-likeness (QED) is 0.898. The molecule has 2 aliphatic heterocycles. The largest absolute Gasteiger partial charge is 0.497 e. The van der Waals surface area contributed by atoms with E-state index in [0.29, 0.717) is 21.8 Å². The molecule has 4 nitrogen and oxygen atoms in total. The first-order valence-corrected chi connectivity index (χ1v) is 6.79. The molecule has 0 bridgehead atoms. The van der Waals surface area contributed by atoms with E-state index in [2.05, 4.69) is 16.3 Å². The molecule has 0 aliphatic carbocycles. The van der Waals surface area contributed by atoms with Crippen molar-refractivity contribution in [3.63, 3.8) is 0 Å². The average Bonchev–Trinajstić information content (AvgIpc) is 2.82. The number of nitrogens with one attached hydrogen (secondary N) is 1. The van der Waals surface area contributed by atoms with Gasteiger partial charge in [0.2, 0.25) is 0 Å². The number of methoxy groups -OCH3 is 1. The lowest BCUT2D eigenvalue weighted by Crippen LogP contribution is -2.54. The summed E-state index contributed by atoms with van der Waals surface area (Å²) in [4.78, 5) is 2.26. The van der Waals surface area contributed by atoms with Gasteiger partial charge in [0, 0.05) is 43.7 Å². The summed E-state index contributed by atoms with van der Waals surface area (Å²) in [5.41, 5.74) is 1.84. The molecule has 2 heterocycles. The van der Waals surface area contributed by atoms with Crippen LogP contribution in [0.2, 0.25) is 5.02 Å². The van der Waals surface area contributed by atoms with E-state index in [1.807, 2.05) is 6.07 Å². The van der Waals surface area contributed by atoms with E-state index in [9.17, 15) is 5.26 Å². The molecule has 0 amide bonds. The van der Waals surface area contributed by atoms with Crippen molar-refractivity contribution in [2.45, 2.75) is 6.42 Å². The predicted molar refractivity (Wildman–Crippen MR) is 74.9 cm³/mol. The third kappa shape index (κ3) is 2.03. The Morgan fingerprint density at radius 3 is 2.79 bits per heavy atom. The number of benzene rings is 1. The summed E-state index contributed by atoms with van der Waals surface area (Å²) in [6.07, 6.45) is 1.17. The Hall–Kier alpha value is -1.44. The minimum atomic E-state index is 0.391. The smallest absolute Gasteiger partial charge is 0.122 e. The van der Waals surface area contributed by atoms with E-state index in [4.69, 9.17) is 16.3 Å². The number of nitriles is 1. The number of hydrogen-bond acceptors (Lipinski definition) is 4. The highest BCUT2D eigenvalue weighted by atomic mass is 35.5. The molecular formula is C14H16ClN3O. The number of hydrogen-bond donors (Lipinski definition) is 1. The van der Waals surface area contributed by atoms with Crippen LogP contribution in [0.25, 0.3) is 0 Å². The number of anilines is 1. The first-order chi connectivity index (χ1) is 9.17. The van der Waals surface area contributed by atoms with Crippen LogP contribution in [0, 0.1) is 16.7 Å². The van der Waals surface area contributed by atoms with Gasteiger partial charge in [-0.05, 0) is 6.42 Å². The topological polar surface area (TPSA) is 48.3 Å². The Morgan fingerprint density at radius 2 is 2.26 bits per heavy atom. The van der Waals surface area contributed by atoms with Gasteiger partial charge in [0.1, 0.15) is 11.8 Å². The average molecular weight is 278 g/mol. The fourth-order valence-corrected chi connectivity index (χ4v) is 3.20. The van der Waals surface area contributed by atoms with Crippen LogP contribution in [-0.2, 0) is 0 Å². The molecule has 0 unspecified atom stereocenters. The molecule has 1 aromatic rings. The minimum absolute atomic E-state index is 0.391. The summed E-state index contributed by atoms with van der Waals surface area (Å²) in [7, 11) is 1.61. The molecule has 1 aromatic carbocycles. The van der Waals surface area contributed by atoms with Crippen LogP contribution in [0.3, 0.4) is 0 Å². The fourth-order valence-electron chi connectivity index (χ4n) is 2.95. The molecule has 0 aromatic heterocycles. The van der Waals surface area contributed by atoms with Crippen molar-refractivity contribution in [3.05, 3.63) is 22.7 Å². The minimum Gasteiger partial charge on any atom is -0.497 e. The molecule has 5 heteroatoms. The first kappa shape index (κ1) is 12.6. The van der Waals surface area contributed by atoms with Crippen LogP contribution < -0.4 is 15.0 Å². The van der Waals surface area contributed by atoms with Crippen LogP contribution in [-0.4, -0.2) is 33.3 Å². The summed E-state index contributed by atoms with van der Waals surface area (Å²) in [5.74, 6) is 0.701. The second-order valence-corrected chi connectivity index (χ2v) is 5.80. The summed E-state index contributed by atoms with van der Waals surface area (Å²) in [6, 6.07) is 5.82. The Bertz CT molecular complexity index is 548. The van der Waals surface area contributed by atoms with Crippen LogP contribution in [0.15, 0.2) is 12.1 Å². The SMILES string of the molecule is COc1cc(Cl)c(C#N)c(N2CCC3(CNC3)C2)c1. The molecule has 1 N–H and O–H groups in total. The number of rotatable bonds is 2. The van der Waals surface area contributed by atoms with Crippen molar-refractivity contribution >= 4 is 17.3 Å². The van der Waals surface area contributed by atoms with E-state index in [1.165, 1.54) is 6.42 Å². The third-order valence-electron chi connectivity index (χ3n) is 4.17. The Kier molecular flexibility index (Phi) is 3.04. The molecule has 100 valence electrons. The zero-order valence-electron chi connectivity index (χ0n) is 10.9. The van der Waals surface area contributed by atoms with Gasteiger partial charge in [-0.3, -0.25) is 0 Å². The maximum atomic E-state index is 9.31. The third-order valence-corrected chi connectivity index (χ3v) is 4.47. The van der Waals surface area contributed by atoms with Gasteiger partial charge < -0.3 is 15.0 Å². The van der Waals surface area contributed by atoms with Crippen molar-refractivity contribution in [1.82, 2.24) is 5.32 Å². The highest BCUT2D eigenvalue weighted by Crippen LogP contribution is 2.40. The van der Waals surface area contributed by atoms with E-state index >= 15 is 0 Å². The van der Waals surface area contributed by atoms with Gasteiger partial charge in [0.05, 0.1) is 23.4 Å². The van der Waals surface area contributed by atoms with E-state index in [0.717, 1.165) is 31.9 Å². The Balaban J connectivity index is 1.95. The van der Waals surface area contributed by atoms with Crippen molar-refractivity contribution in [2.24, 2.45) is 5.41 Å². The number of halogens is 1. The molecule has 2 fully saturated rings. The van der Waals surface area contributed by atoms with Gasteiger partial charge in [-0.25, -0.2) is 0 Å². The highest BCUT2D eigenvalue weighted by molar-refractivity contribution is 6.32. The lowest BCUT2D eigenvalue weighted by atomic mass is 9.81. The van der Waals surface area contributed by atoms with Crippen LogP contribution in [0.5, 0.6) is 5.75 Å². The molecule has 0 saturated carbocycles. The van der Waals surface area contributed by atoms with Crippen LogP contribution in [0.4, 0.5) is 5.69 Å². The summed E-state index contributed by atoms with van der Waals surface area (Å²) < 4.78 is 5.25. The van der Waals surface area contributed by atoms with Gasteiger partial charge in [-0.2, -0.15) is 5.26 Å². The van der Waals surface area contributed by atoms with E-state index < -0.39 is 0 Å². The molecule has 0 radical (unpaired) electrons. The summed E-state index contributed by atoms with van der Waals surface area (Å²) >= 11 is 6.17. The molecule has 2 saturated heterocycles. The highest BCUT2D eigenvalue weighted by Gasteiger charge is 2.43. The summed E-state index contributed by atoms with van der Waals surface area (Å²) in [6.45, 7) is 4.10. The maximum absolute atomic E-state index is 9.31. The second kappa shape index (κ2) is 4.59. The van der Waals surface area contributed by atoms with Crippen molar-refractivity contribution in [1.29, 1.82) is 5.26 Å². The number of ether oxygens (including phenoxy) is 1. The first-order valence-electron chi connectivity index (χ1n) is 6.41. The normalized spacial score (nSPS) is 20.2. The summed E-state index contributed by atoms with van der Waals surface area (Å²) in [5, 5.41) is 13.1. The Labute approximate surface area is 117 Å². The monoisotopic (exact) mass is 277 g/mol. The van der Waals surface area contributed by atoms with Gasteiger partial charge in [0.15, 0.2) is 0 Å². The van der Waals surface area contributed by atoms with Crippen LogP contribution >= 0.6 is 11.6 Å². The molecule has 3 rings (SSSR count). The molecule has 1 spiro atoms. The van der Waals surface area contributed by atoms with Gasteiger partial charge >= 0.3 is 0 Å².